The lowest BCUT2D eigenvalue weighted by molar-refractivity contribution is -0.138. The Morgan fingerprint density at radius 2 is 1.81 bits per heavy atom. The van der Waals surface area contributed by atoms with E-state index in [1.54, 1.807) is 41.4 Å². The summed E-state index contributed by atoms with van der Waals surface area (Å²) in [5.74, 6) is -1.20. The summed E-state index contributed by atoms with van der Waals surface area (Å²) in [4.78, 5) is 29.9. The summed E-state index contributed by atoms with van der Waals surface area (Å²) in [6.45, 7) is 0.459. The maximum atomic E-state index is 13.7. The minimum Gasteiger partial charge on any atom is -0.371 e. The van der Waals surface area contributed by atoms with E-state index in [1.807, 2.05) is 30.3 Å². The van der Waals surface area contributed by atoms with E-state index < -0.39 is 27.6 Å². The molecule has 2 amide bonds. The molecule has 10 heteroatoms. The van der Waals surface area contributed by atoms with Gasteiger partial charge in [0, 0.05) is 40.0 Å². The van der Waals surface area contributed by atoms with E-state index >= 15 is 0 Å². The molecule has 1 aromatic carbocycles. The summed E-state index contributed by atoms with van der Waals surface area (Å²) >= 11 is 1.18. The van der Waals surface area contributed by atoms with E-state index in [4.69, 9.17) is 4.74 Å². The molecular weight excluding hydrogens is 450 g/mol. The first-order chi connectivity index (χ1) is 15.2. The van der Waals surface area contributed by atoms with Crippen LogP contribution < -0.4 is 4.90 Å². The summed E-state index contributed by atoms with van der Waals surface area (Å²) in [7, 11) is 1.23. The zero-order valence-electron chi connectivity index (χ0n) is 18.3. The molecule has 8 nitrogen and oxygen atoms in total. The molecule has 1 spiro atoms. The molecule has 4 rings (SSSR count). The van der Waals surface area contributed by atoms with Crippen LogP contribution in [0.25, 0.3) is 0 Å². The average molecular weight is 478 g/mol. The fourth-order valence-electron chi connectivity index (χ4n) is 4.92. The molecular formula is C22H27N3O5S2. The second-order valence-corrected chi connectivity index (χ2v) is 11.3. The number of rotatable bonds is 5. The monoisotopic (exact) mass is 477 g/mol. The van der Waals surface area contributed by atoms with Crippen LogP contribution in [-0.2, 0) is 24.3 Å². The fraction of sp³-hybridized carbons (Fsp3) is 0.455. The van der Waals surface area contributed by atoms with Crippen molar-refractivity contribution in [2.75, 3.05) is 39.2 Å². The highest BCUT2D eigenvalue weighted by molar-refractivity contribution is 7.91. The van der Waals surface area contributed by atoms with Crippen LogP contribution in [0.15, 0.2) is 52.1 Å². The Labute approximate surface area is 192 Å². The van der Waals surface area contributed by atoms with Crippen LogP contribution in [0, 0.1) is 5.92 Å². The highest BCUT2D eigenvalue weighted by Crippen LogP contribution is 2.45. The molecule has 2 aliphatic heterocycles. The Kier molecular flexibility index (Phi) is 6.15. The lowest BCUT2D eigenvalue weighted by Crippen LogP contribution is -2.58. The number of carbonyl (C=O) groups is 2. The molecule has 0 unspecified atom stereocenters. The first-order valence-corrected chi connectivity index (χ1v) is 12.7. The van der Waals surface area contributed by atoms with E-state index in [2.05, 4.69) is 0 Å². The molecule has 1 aromatic heterocycles. The minimum absolute atomic E-state index is 0.213. The van der Waals surface area contributed by atoms with E-state index in [1.165, 1.54) is 22.8 Å². The Morgan fingerprint density at radius 3 is 2.38 bits per heavy atom. The van der Waals surface area contributed by atoms with E-state index in [0.717, 1.165) is 5.69 Å². The van der Waals surface area contributed by atoms with Crippen molar-refractivity contribution in [3.05, 3.63) is 47.8 Å². The maximum Gasteiger partial charge on any atom is 0.252 e. The number of hydrogen-bond acceptors (Lipinski definition) is 6. The molecule has 0 aliphatic carbocycles. The average Bonchev–Trinajstić information content (AvgIpc) is 3.42. The number of amides is 2. The second kappa shape index (κ2) is 8.58. The number of ether oxygens (including phenoxy) is 1. The molecule has 2 fully saturated rings. The van der Waals surface area contributed by atoms with E-state index in [-0.39, 0.29) is 24.9 Å². The van der Waals surface area contributed by atoms with Gasteiger partial charge in [0.2, 0.25) is 5.91 Å². The highest BCUT2D eigenvalue weighted by atomic mass is 32.2. The number of thiophene rings is 1. The van der Waals surface area contributed by atoms with Gasteiger partial charge in [-0.3, -0.25) is 9.59 Å². The molecule has 0 saturated carbocycles. The van der Waals surface area contributed by atoms with E-state index in [0.29, 0.717) is 17.1 Å². The zero-order valence-corrected chi connectivity index (χ0v) is 19.9. The van der Waals surface area contributed by atoms with Crippen molar-refractivity contribution in [3.63, 3.8) is 0 Å². The van der Waals surface area contributed by atoms with Crippen LogP contribution in [0.1, 0.15) is 12.8 Å². The molecule has 0 N–H and O–H groups in total. The summed E-state index contributed by atoms with van der Waals surface area (Å²) in [5.41, 5.74) is -0.0819. The van der Waals surface area contributed by atoms with Crippen molar-refractivity contribution >= 4 is 38.9 Å². The van der Waals surface area contributed by atoms with E-state index in [9.17, 15) is 18.0 Å². The van der Waals surface area contributed by atoms with Crippen LogP contribution in [0.2, 0.25) is 0 Å². The van der Waals surface area contributed by atoms with Crippen LogP contribution in [0.4, 0.5) is 5.69 Å². The summed E-state index contributed by atoms with van der Waals surface area (Å²) in [6, 6.07) is 12.6. The van der Waals surface area contributed by atoms with Crippen LogP contribution in [0.3, 0.4) is 0 Å². The number of anilines is 1. The smallest absolute Gasteiger partial charge is 0.252 e. The number of likely N-dealkylation sites (tertiary alicyclic amines) is 1. The second-order valence-electron chi connectivity index (χ2n) is 8.20. The number of carbonyl (C=O) groups excluding carboxylic acids is 2. The quantitative estimate of drug-likeness (QED) is 0.658. The number of piperidine rings is 1. The Morgan fingerprint density at radius 1 is 1.16 bits per heavy atom. The lowest BCUT2D eigenvalue weighted by Gasteiger charge is -2.46. The number of para-hydroxylation sites is 1. The highest BCUT2D eigenvalue weighted by Gasteiger charge is 2.62. The predicted octanol–water partition coefficient (Wildman–Crippen LogP) is 2.04. The van der Waals surface area contributed by atoms with Crippen molar-refractivity contribution in [1.82, 2.24) is 9.21 Å². The van der Waals surface area contributed by atoms with Gasteiger partial charge >= 0.3 is 0 Å². The third kappa shape index (κ3) is 3.55. The molecule has 2 aromatic rings. The van der Waals surface area contributed by atoms with Crippen LogP contribution in [-0.4, -0.2) is 75.4 Å². The lowest BCUT2D eigenvalue weighted by atomic mass is 9.75. The largest absolute Gasteiger partial charge is 0.371 e. The summed E-state index contributed by atoms with van der Waals surface area (Å²) in [6.07, 6.45) is -0.184. The molecule has 32 heavy (non-hydrogen) atoms. The van der Waals surface area contributed by atoms with Gasteiger partial charge in [-0.05, 0) is 36.4 Å². The van der Waals surface area contributed by atoms with Crippen molar-refractivity contribution in [2.24, 2.45) is 5.92 Å². The number of likely N-dealkylation sites (N-methyl/N-ethyl adjacent to an activating group) is 1. The Balaban J connectivity index is 1.64. The number of hydrogen-bond donors (Lipinski definition) is 0. The van der Waals surface area contributed by atoms with Gasteiger partial charge in [-0.25, -0.2) is 8.42 Å². The number of sulfonamides is 1. The van der Waals surface area contributed by atoms with Gasteiger partial charge in [0.1, 0.15) is 10.3 Å². The summed E-state index contributed by atoms with van der Waals surface area (Å²) < 4.78 is 33.2. The van der Waals surface area contributed by atoms with Gasteiger partial charge in [-0.15, -0.1) is 11.3 Å². The third-order valence-corrected chi connectivity index (χ3v) is 10.1. The van der Waals surface area contributed by atoms with Gasteiger partial charge in [-0.2, -0.15) is 4.31 Å². The summed E-state index contributed by atoms with van der Waals surface area (Å²) in [5, 5.41) is 1.74. The Hall–Kier alpha value is -2.27. The maximum absolute atomic E-state index is 13.7. The van der Waals surface area contributed by atoms with Gasteiger partial charge in [0.15, 0.2) is 0 Å². The van der Waals surface area contributed by atoms with Crippen molar-refractivity contribution in [3.8, 4) is 0 Å². The van der Waals surface area contributed by atoms with Crippen molar-refractivity contribution in [1.29, 1.82) is 0 Å². The molecule has 0 bridgehead atoms. The van der Waals surface area contributed by atoms with Gasteiger partial charge in [0.05, 0.1) is 11.5 Å². The van der Waals surface area contributed by atoms with Gasteiger partial charge in [0.25, 0.3) is 15.9 Å². The van der Waals surface area contributed by atoms with Gasteiger partial charge < -0.3 is 14.5 Å². The van der Waals surface area contributed by atoms with Gasteiger partial charge in [-0.1, -0.05) is 24.3 Å². The number of benzene rings is 1. The fourth-order valence-corrected chi connectivity index (χ4v) is 7.51. The molecule has 0 radical (unpaired) electrons. The molecule has 3 heterocycles. The first-order valence-electron chi connectivity index (χ1n) is 10.4. The van der Waals surface area contributed by atoms with Crippen LogP contribution in [0.5, 0.6) is 0 Å². The predicted molar refractivity (Wildman–Crippen MR) is 122 cm³/mol. The number of methoxy groups -OCH3 is 1. The third-order valence-electron chi connectivity index (χ3n) is 6.80. The number of nitrogens with zero attached hydrogens (tertiary/aromatic N) is 3. The SMILES string of the molecule is CO[C@H]1C(=O)N(C)C2(CCN(S(=O)(=O)c3cccs3)CC2)[C@@H]1C(=O)N(C)c1ccccc1. The van der Waals surface area contributed by atoms with Crippen LogP contribution >= 0.6 is 11.3 Å². The molecule has 2 aliphatic rings. The molecule has 2 atom stereocenters. The minimum atomic E-state index is -3.59. The molecule has 2 saturated heterocycles. The normalized spacial score (nSPS) is 23.6. The zero-order chi connectivity index (χ0) is 23.1. The van der Waals surface area contributed by atoms with Crippen molar-refractivity contribution in [2.45, 2.75) is 28.7 Å². The standard InChI is InChI=1S/C22H27N3O5S2/c1-23(16-8-5-4-6-9-16)20(26)18-19(30-3)21(27)24(2)22(18)11-13-25(14-12-22)32(28,29)17-10-7-15-31-17/h4-10,15,18-19H,11-14H2,1-3H3/t18-,19+/m0/s1. The molecule has 172 valence electrons. The first kappa shape index (κ1) is 22.9. The Bertz CT molecular complexity index is 1080. The van der Waals surface area contributed by atoms with Crippen molar-refractivity contribution < 1.29 is 22.7 Å². The topological polar surface area (TPSA) is 87.2 Å².